The number of piperidine rings is 1. The smallest absolute Gasteiger partial charge is 0.270 e. The van der Waals surface area contributed by atoms with E-state index >= 15 is 0 Å². The van der Waals surface area contributed by atoms with E-state index in [4.69, 9.17) is 4.98 Å². The Bertz CT molecular complexity index is 1440. The first-order valence-corrected chi connectivity index (χ1v) is 12.3. The van der Waals surface area contributed by atoms with Gasteiger partial charge in [-0.15, -0.1) is 11.3 Å². The topological polar surface area (TPSA) is 78.1 Å². The van der Waals surface area contributed by atoms with Crippen LogP contribution in [0.15, 0.2) is 52.6 Å². The maximum atomic E-state index is 13.4. The zero-order valence-electron chi connectivity index (χ0n) is 19.1. The van der Waals surface area contributed by atoms with E-state index in [-0.39, 0.29) is 23.9 Å². The summed E-state index contributed by atoms with van der Waals surface area (Å²) in [5.74, 6) is -1.20. The van der Waals surface area contributed by atoms with Crippen LogP contribution in [0.3, 0.4) is 0 Å². The van der Waals surface area contributed by atoms with Gasteiger partial charge < -0.3 is 10.2 Å². The minimum absolute atomic E-state index is 0.0686. The molecule has 180 valence electrons. The number of carbonyl (C=O) groups excluding carboxylic acids is 1. The van der Waals surface area contributed by atoms with Gasteiger partial charge >= 0.3 is 0 Å². The molecule has 0 radical (unpaired) electrons. The zero-order chi connectivity index (χ0) is 24.5. The fourth-order valence-electron chi connectivity index (χ4n) is 4.48. The number of rotatable bonds is 5. The van der Waals surface area contributed by atoms with Crippen LogP contribution in [0.25, 0.3) is 21.3 Å². The second kappa shape index (κ2) is 9.58. The van der Waals surface area contributed by atoms with Gasteiger partial charge in [-0.25, -0.2) is 13.8 Å². The molecule has 0 unspecified atom stereocenters. The van der Waals surface area contributed by atoms with Crippen molar-refractivity contribution in [3.8, 4) is 11.1 Å². The van der Waals surface area contributed by atoms with Crippen molar-refractivity contribution in [2.24, 2.45) is 5.92 Å². The van der Waals surface area contributed by atoms with Crippen molar-refractivity contribution in [2.45, 2.75) is 26.3 Å². The van der Waals surface area contributed by atoms with E-state index in [0.29, 0.717) is 47.7 Å². The molecule has 2 aromatic heterocycles. The lowest BCUT2D eigenvalue weighted by Crippen LogP contribution is -2.41. The first-order chi connectivity index (χ1) is 16.9. The predicted octanol–water partition coefficient (Wildman–Crippen LogP) is 4.77. The third kappa shape index (κ3) is 4.95. The van der Waals surface area contributed by atoms with Gasteiger partial charge in [0.15, 0.2) is 0 Å². The summed E-state index contributed by atoms with van der Waals surface area (Å²) in [5.41, 5.74) is 3.98. The molecule has 1 aliphatic rings. The Morgan fingerprint density at radius 2 is 1.91 bits per heavy atom. The van der Waals surface area contributed by atoms with E-state index in [1.807, 2.05) is 35.4 Å². The van der Waals surface area contributed by atoms with Crippen LogP contribution in [0, 0.1) is 24.5 Å². The Morgan fingerprint density at radius 3 is 2.63 bits per heavy atom. The van der Waals surface area contributed by atoms with Crippen molar-refractivity contribution in [3.05, 3.63) is 81.0 Å². The number of nitrogens with one attached hydrogen (secondary N) is 2. The van der Waals surface area contributed by atoms with Gasteiger partial charge in [0.25, 0.3) is 5.56 Å². The van der Waals surface area contributed by atoms with Gasteiger partial charge in [0.1, 0.15) is 16.3 Å². The molecule has 0 atom stereocenters. The van der Waals surface area contributed by atoms with Crippen LogP contribution < -0.4 is 15.8 Å². The van der Waals surface area contributed by atoms with Crippen LogP contribution in [-0.2, 0) is 11.3 Å². The molecule has 1 aliphatic heterocycles. The van der Waals surface area contributed by atoms with Crippen LogP contribution in [0.4, 0.5) is 14.7 Å². The Morgan fingerprint density at radius 1 is 1.17 bits per heavy atom. The summed E-state index contributed by atoms with van der Waals surface area (Å²) in [6, 6.07) is 11.3. The maximum absolute atomic E-state index is 13.4. The van der Waals surface area contributed by atoms with E-state index in [9.17, 15) is 18.4 Å². The molecule has 0 saturated carbocycles. The van der Waals surface area contributed by atoms with Crippen molar-refractivity contribution in [1.82, 2.24) is 15.3 Å². The van der Waals surface area contributed by atoms with E-state index in [1.54, 1.807) is 0 Å². The lowest BCUT2D eigenvalue weighted by atomic mass is 9.96. The van der Waals surface area contributed by atoms with E-state index in [2.05, 4.69) is 16.4 Å². The second-order valence-electron chi connectivity index (χ2n) is 8.84. The van der Waals surface area contributed by atoms with Crippen LogP contribution in [0.5, 0.6) is 0 Å². The van der Waals surface area contributed by atoms with Gasteiger partial charge in [-0.1, -0.05) is 29.8 Å². The summed E-state index contributed by atoms with van der Waals surface area (Å²) >= 11 is 1.38. The number of fused-ring (bicyclic) bond motifs is 1. The minimum atomic E-state index is -0.669. The Kier molecular flexibility index (Phi) is 6.34. The van der Waals surface area contributed by atoms with E-state index in [0.717, 1.165) is 22.8 Å². The molecule has 5 rings (SSSR count). The van der Waals surface area contributed by atoms with Gasteiger partial charge in [-0.05, 0) is 43.0 Å². The van der Waals surface area contributed by atoms with Gasteiger partial charge in [-0.2, -0.15) is 0 Å². The summed E-state index contributed by atoms with van der Waals surface area (Å²) in [4.78, 5) is 35.1. The van der Waals surface area contributed by atoms with Gasteiger partial charge in [0.05, 0.1) is 5.52 Å². The number of amides is 1. The highest BCUT2D eigenvalue weighted by molar-refractivity contribution is 7.17. The fraction of sp³-hybridized carbons (Fsp3) is 0.269. The highest BCUT2D eigenvalue weighted by Crippen LogP contribution is 2.32. The SMILES string of the molecule is Cc1cccc(-c2csc3c(=O)[nH]c(N4CCC(C(=O)NCc5cc(F)cc(F)c5)CC4)nc23)c1. The molecule has 3 heterocycles. The highest BCUT2D eigenvalue weighted by atomic mass is 32.1. The number of benzene rings is 2. The van der Waals surface area contributed by atoms with E-state index in [1.165, 1.54) is 23.5 Å². The number of carbonyl (C=O) groups is 1. The Balaban J connectivity index is 1.28. The fourth-order valence-corrected chi connectivity index (χ4v) is 5.39. The third-order valence-corrected chi connectivity index (χ3v) is 7.27. The van der Waals surface area contributed by atoms with Crippen molar-refractivity contribution >= 4 is 33.4 Å². The number of halogens is 2. The average Bonchev–Trinajstić information content (AvgIpc) is 3.27. The zero-order valence-corrected chi connectivity index (χ0v) is 19.9. The van der Waals surface area contributed by atoms with Crippen molar-refractivity contribution in [1.29, 1.82) is 0 Å². The molecule has 35 heavy (non-hydrogen) atoms. The molecule has 1 amide bonds. The molecule has 1 fully saturated rings. The number of H-pyrrole nitrogens is 1. The summed E-state index contributed by atoms with van der Waals surface area (Å²) in [6.45, 7) is 3.22. The quantitative estimate of drug-likeness (QED) is 0.419. The molecule has 2 N–H and O–H groups in total. The summed E-state index contributed by atoms with van der Waals surface area (Å²) in [7, 11) is 0. The van der Waals surface area contributed by atoms with Crippen LogP contribution >= 0.6 is 11.3 Å². The molecule has 4 aromatic rings. The summed E-state index contributed by atoms with van der Waals surface area (Å²) < 4.78 is 27.3. The number of aromatic nitrogens is 2. The summed E-state index contributed by atoms with van der Waals surface area (Å²) in [6.07, 6.45) is 1.17. The number of nitrogens with zero attached hydrogens (tertiary/aromatic N) is 2. The molecule has 0 bridgehead atoms. The first kappa shape index (κ1) is 23.2. The lowest BCUT2D eigenvalue weighted by molar-refractivity contribution is -0.125. The van der Waals surface area contributed by atoms with Crippen molar-refractivity contribution < 1.29 is 13.6 Å². The molecule has 6 nitrogen and oxygen atoms in total. The van der Waals surface area contributed by atoms with E-state index < -0.39 is 11.6 Å². The number of aryl methyl sites for hydroxylation is 1. The highest BCUT2D eigenvalue weighted by Gasteiger charge is 2.26. The van der Waals surface area contributed by atoms with Crippen molar-refractivity contribution in [2.75, 3.05) is 18.0 Å². The lowest BCUT2D eigenvalue weighted by Gasteiger charge is -2.31. The van der Waals surface area contributed by atoms with Crippen LogP contribution in [-0.4, -0.2) is 29.0 Å². The minimum Gasteiger partial charge on any atom is -0.352 e. The van der Waals surface area contributed by atoms with Gasteiger partial charge in [-0.3, -0.25) is 14.6 Å². The largest absolute Gasteiger partial charge is 0.352 e. The molecule has 2 aromatic carbocycles. The Hall–Kier alpha value is -3.59. The van der Waals surface area contributed by atoms with Gasteiger partial charge in [0, 0.05) is 42.6 Å². The number of thiophene rings is 1. The van der Waals surface area contributed by atoms with Crippen LogP contribution in [0.2, 0.25) is 0 Å². The van der Waals surface area contributed by atoms with Crippen molar-refractivity contribution in [3.63, 3.8) is 0 Å². The second-order valence-corrected chi connectivity index (χ2v) is 9.72. The molecule has 0 spiro atoms. The van der Waals surface area contributed by atoms with Crippen LogP contribution in [0.1, 0.15) is 24.0 Å². The summed E-state index contributed by atoms with van der Waals surface area (Å²) in [5, 5.41) is 4.74. The number of aromatic amines is 1. The standard InChI is InChI=1S/C26H24F2N4O2S/c1-15-3-2-4-18(9-15)21-14-35-23-22(21)30-26(31-25(23)34)32-7-5-17(6-8-32)24(33)29-13-16-10-19(27)12-20(28)11-16/h2-4,9-12,14,17H,5-8,13H2,1H3,(H,29,33)(H,30,31,34). The molecular weight excluding hydrogens is 470 g/mol. The predicted molar refractivity (Wildman–Crippen MR) is 134 cm³/mol. The Labute approximate surface area is 204 Å². The number of hydrogen-bond donors (Lipinski definition) is 2. The molecule has 1 saturated heterocycles. The maximum Gasteiger partial charge on any atom is 0.270 e. The number of hydrogen-bond acceptors (Lipinski definition) is 5. The van der Waals surface area contributed by atoms with Gasteiger partial charge in [0.2, 0.25) is 11.9 Å². The third-order valence-electron chi connectivity index (χ3n) is 6.30. The normalized spacial score (nSPS) is 14.4. The first-order valence-electron chi connectivity index (χ1n) is 11.4. The molecule has 0 aliphatic carbocycles. The average molecular weight is 495 g/mol. The molecule has 9 heteroatoms. The monoisotopic (exact) mass is 494 g/mol. The number of anilines is 1. The molecular formula is C26H24F2N4O2S.